The molecule has 218 valence electrons. The molecule has 1 aliphatic rings. The van der Waals surface area contributed by atoms with Crippen molar-refractivity contribution >= 4 is 33.3 Å². The van der Waals surface area contributed by atoms with E-state index in [0.29, 0.717) is 24.2 Å². The average Bonchev–Trinajstić information content (AvgIpc) is 2.97. The van der Waals surface area contributed by atoms with Crippen LogP contribution >= 0.6 is 0 Å². The molecule has 0 bridgehead atoms. The number of para-hydroxylation sites is 1. The van der Waals surface area contributed by atoms with E-state index >= 15 is 0 Å². The number of aromatic nitrogens is 3. The van der Waals surface area contributed by atoms with Gasteiger partial charge in [0.2, 0.25) is 5.95 Å². The van der Waals surface area contributed by atoms with E-state index in [0.717, 1.165) is 48.4 Å². The van der Waals surface area contributed by atoms with Crippen molar-refractivity contribution in [1.82, 2.24) is 25.2 Å². The van der Waals surface area contributed by atoms with Crippen molar-refractivity contribution in [3.05, 3.63) is 90.4 Å². The summed E-state index contributed by atoms with van der Waals surface area (Å²) < 4.78 is 28.6. The minimum Gasteiger partial charge on any atom is -0.382 e. The van der Waals surface area contributed by atoms with Gasteiger partial charge in [-0.15, -0.1) is 0 Å². The molecule has 1 fully saturated rings. The maximum absolute atomic E-state index is 13.4. The summed E-state index contributed by atoms with van der Waals surface area (Å²) in [6, 6.07) is 18.0. The van der Waals surface area contributed by atoms with E-state index in [4.69, 9.17) is 9.17 Å². The summed E-state index contributed by atoms with van der Waals surface area (Å²) >= 11 is 0. The highest BCUT2D eigenvalue weighted by molar-refractivity contribution is 7.86. The predicted octanol–water partition coefficient (Wildman–Crippen LogP) is 3.69. The number of benzene rings is 2. The second kappa shape index (κ2) is 12.6. The van der Waals surface area contributed by atoms with Gasteiger partial charge in [0.15, 0.2) is 5.75 Å². The molecule has 0 radical (unpaired) electrons. The smallest absolute Gasteiger partial charge is 0.306 e. The van der Waals surface area contributed by atoms with Gasteiger partial charge in [0.25, 0.3) is 5.91 Å². The number of hydrogen-bond acceptors (Lipinski definition) is 10. The first-order valence-electron chi connectivity index (χ1n) is 13.5. The van der Waals surface area contributed by atoms with E-state index in [1.54, 1.807) is 30.7 Å². The Morgan fingerprint density at radius 1 is 1.14 bits per heavy atom. The van der Waals surface area contributed by atoms with Crippen LogP contribution in [-0.2, 0) is 16.7 Å². The number of carbonyl (C=O) groups is 1. The SMILES string of the molecule is CC1CN(Cc2cc(N(C)c3nccc(-c4cccnc4)n3)ccc2NC(=O)c2ccccc2OS(C)(=O)=O)CCN1. The summed E-state index contributed by atoms with van der Waals surface area (Å²) in [5, 5.41) is 6.43. The number of pyridine rings is 1. The first-order valence-corrected chi connectivity index (χ1v) is 15.3. The zero-order valence-electron chi connectivity index (χ0n) is 23.7. The quantitative estimate of drug-likeness (QED) is 0.280. The molecule has 2 aromatic carbocycles. The maximum Gasteiger partial charge on any atom is 0.306 e. The second-order valence-corrected chi connectivity index (χ2v) is 11.8. The highest BCUT2D eigenvalue weighted by atomic mass is 32.2. The number of nitrogens with zero attached hydrogens (tertiary/aromatic N) is 5. The van der Waals surface area contributed by atoms with Gasteiger partial charge >= 0.3 is 10.1 Å². The van der Waals surface area contributed by atoms with Crippen LogP contribution in [0.15, 0.2) is 79.3 Å². The Morgan fingerprint density at radius 3 is 2.74 bits per heavy atom. The largest absolute Gasteiger partial charge is 0.382 e. The monoisotopic (exact) mass is 587 g/mol. The first-order chi connectivity index (χ1) is 20.2. The number of nitrogens with one attached hydrogen (secondary N) is 2. The van der Waals surface area contributed by atoms with Gasteiger partial charge in [-0.3, -0.25) is 14.7 Å². The zero-order valence-corrected chi connectivity index (χ0v) is 24.5. The highest BCUT2D eigenvalue weighted by Gasteiger charge is 2.21. The minimum absolute atomic E-state index is 0.0306. The molecule has 1 unspecified atom stereocenters. The lowest BCUT2D eigenvalue weighted by Crippen LogP contribution is -2.48. The van der Waals surface area contributed by atoms with Crippen LogP contribution in [0.1, 0.15) is 22.8 Å². The number of piperazine rings is 1. The van der Waals surface area contributed by atoms with E-state index in [9.17, 15) is 13.2 Å². The van der Waals surface area contributed by atoms with Gasteiger partial charge in [-0.05, 0) is 61.0 Å². The van der Waals surface area contributed by atoms with Crippen molar-refractivity contribution in [2.24, 2.45) is 0 Å². The van der Waals surface area contributed by atoms with Crippen molar-refractivity contribution in [3.8, 4) is 17.0 Å². The van der Waals surface area contributed by atoms with E-state index in [-0.39, 0.29) is 11.3 Å². The predicted molar refractivity (Wildman–Crippen MR) is 162 cm³/mol. The van der Waals surface area contributed by atoms with Crippen LogP contribution in [-0.4, -0.2) is 73.2 Å². The normalized spacial score (nSPS) is 15.6. The molecule has 3 heterocycles. The number of rotatable bonds is 9. The molecular formula is C30H33N7O4S. The van der Waals surface area contributed by atoms with E-state index in [2.05, 4.69) is 32.4 Å². The fourth-order valence-corrected chi connectivity index (χ4v) is 5.29. The van der Waals surface area contributed by atoms with E-state index < -0.39 is 16.0 Å². The molecule has 4 aromatic rings. The Bertz CT molecular complexity index is 1670. The minimum atomic E-state index is -3.81. The van der Waals surface area contributed by atoms with Gasteiger partial charge in [0, 0.05) is 74.8 Å². The van der Waals surface area contributed by atoms with Crippen LogP contribution in [0.2, 0.25) is 0 Å². The summed E-state index contributed by atoms with van der Waals surface area (Å²) in [5.74, 6) is 0.0107. The summed E-state index contributed by atoms with van der Waals surface area (Å²) in [6.45, 7) is 5.33. The molecule has 5 rings (SSSR count). The fraction of sp³-hybridized carbons (Fsp3) is 0.267. The van der Waals surface area contributed by atoms with Crippen molar-refractivity contribution in [2.75, 3.05) is 43.2 Å². The third-order valence-electron chi connectivity index (χ3n) is 6.84. The number of hydrogen-bond donors (Lipinski definition) is 2. The lowest BCUT2D eigenvalue weighted by Gasteiger charge is -2.32. The van der Waals surface area contributed by atoms with Crippen LogP contribution in [0.3, 0.4) is 0 Å². The molecule has 1 amide bonds. The van der Waals surface area contributed by atoms with Gasteiger partial charge in [-0.25, -0.2) is 9.97 Å². The van der Waals surface area contributed by atoms with Gasteiger partial charge in [-0.2, -0.15) is 8.42 Å². The van der Waals surface area contributed by atoms with Crippen LogP contribution in [0.5, 0.6) is 5.75 Å². The average molecular weight is 588 g/mol. The molecule has 1 aliphatic heterocycles. The molecular weight excluding hydrogens is 554 g/mol. The molecule has 2 aromatic heterocycles. The Labute approximate surface area is 245 Å². The van der Waals surface area contributed by atoms with Gasteiger partial charge in [0.1, 0.15) is 0 Å². The lowest BCUT2D eigenvalue weighted by atomic mass is 10.1. The Morgan fingerprint density at radius 2 is 1.98 bits per heavy atom. The van der Waals surface area contributed by atoms with E-state index in [1.165, 1.54) is 12.1 Å². The summed E-state index contributed by atoms with van der Waals surface area (Å²) in [6.07, 6.45) is 6.14. The van der Waals surface area contributed by atoms with Crippen molar-refractivity contribution in [3.63, 3.8) is 0 Å². The number of amides is 1. The third-order valence-corrected chi connectivity index (χ3v) is 7.33. The Balaban J connectivity index is 1.46. The highest BCUT2D eigenvalue weighted by Crippen LogP contribution is 2.30. The first kappa shape index (κ1) is 29.1. The summed E-state index contributed by atoms with van der Waals surface area (Å²) in [4.78, 5) is 31.0. The molecule has 12 heteroatoms. The molecule has 11 nitrogen and oxygen atoms in total. The van der Waals surface area contributed by atoms with Gasteiger partial charge in [0.05, 0.1) is 17.5 Å². The third kappa shape index (κ3) is 7.27. The van der Waals surface area contributed by atoms with Crippen molar-refractivity contribution in [2.45, 2.75) is 19.5 Å². The van der Waals surface area contributed by atoms with Crippen LogP contribution in [0.4, 0.5) is 17.3 Å². The molecule has 42 heavy (non-hydrogen) atoms. The topological polar surface area (TPSA) is 130 Å². The van der Waals surface area contributed by atoms with Gasteiger partial charge < -0.3 is 19.7 Å². The summed E-state index contributed by atoms with van der Waals surface area (Å²) in [7, 11) is -1.92. The molecule has 1 atom stereocenters. The standard InChI is InChI=1S/C30H33N7O4S/c1-21-19-37(16-15-32-21)20-23-17-24(36(2)30-33-14-12-27(35-30)22-7-6-13-31-18-22)10-11-26(23)34-29(38)25-8-4-5-9-28(25)41-42(3,39)40/h4-14,17-18,21,32H,15-16,19-20H2,1-3H3,(H,34,38). The van der Waals surface area contributed by atoms with Crippen LogP contribution in [0.25, 0.3) is 11.3 Å². The maximum atomic E-state index is 13.4. The van der Waals surface area contributed by atoms with Gasteiger partial charge in [-0.1, -0.05) is 12.1 Å². The lowest BCUT2D eigenvalue weighted by molar-refractivity contribution is 0.102. The number of carbonyl (C=O) groups excluding carboxylic acids is 1. The molecule has 2 N–H and O–H groups in total. The van der Waals surface area contributed by atoms with Crippen molar-refractivity contribution in [1.29, 1.82) is 0 Å². The molecule has 0 saturated carbocycles. The Kier molecular flexibility index (Phi) is 8.76. The van der Waals surface area contributed by atoms with Crippen LogP contribution < -0.4 is 19.7 Å². The zero-order chi connectivity index (χ0) is 29.7. The second-order valence-electron chi connectivity index (χ2n) is 10.2. The summed E-state index contributed by atoms with van der Waals surface area (Å²) in [5.41, 5.74) is 4.12. The number of anilines is 3. The van der Waals surface area contributed by atoms with Crippen molar-refractivity contribution < 1.29 is 17.4 Å². The molecule has 0 aliphatic carbocycles. The Hall–Kier alpha value is -4.39. The molecule has 0 spiro atoms. The van der Waals surface area contributed by atoms with Crippen LogP contribution in [0, 0.1) is 0 Å². The van der Waals surface area contributed by atoms with E-state index in [1.807, 2.05) is 48.3 Å². The fourth-order valence-electron chi connectivity index (χ4n) is 4.82. The molecule has 1 saturated heterocycles.